The normalized spacial score (nSPS) is 17.3. The molecule has 0 fully saturated rings. The zero-order valence-electron chi connectivity index (χ0n) is 15.6. The van der Waals surface area contributed by atoms with Gasteiger partial charge in [0.25, 0.3) is 0 Å². The van der Waals surface area contributed by atoms with Crippen LogP contribution in [0.3, 0.4) is 0 Å². The Balaban J connectivity index is 2.29. The molecule has 0 unspecified atom stereocenters. The molecule has 0 bridgehead atoms. The maximum absolute atomic E-state index is 11.9. The van der Waals surface area contributed by atoms with Gasteiger partial charge in [-0.2, -0.15) is 0 Å². The lowest BCUT2D eigenvalue weighted by Crippen LogP contribution is -2.24. The van der Waals surface area contributed by atoms with Gasteiger partial charge in [0.05, 0.1) is 19.1 Å². The van der Waals surface area contributed by atoms with Crippen LogP contribution in [0, 0.1) is 17.0 Å². The summed E-state index contributed by atoms with van der Waals surface area (Å²) >= 11 is 0. The summed E-state index contributed by atoms with van der Waals surface area (Å²) < 4.78 is 10.8. The number of nitro benzene ring substituents is 1. The lowest BCUT2D eigenvalue weighted by Gasteiger charge is -2.23. The third-order valence-electron chi connectivity index (χ3n) is 5.02. The number of nitrogens with zero attached hydrogens (tertiary/aromatic N) is 2. The minimum atomic E-state index is -0.348. The molecular formula is C20H24N2O4. The summed E-state index contributed by atoms with van der Waals surface area (Å²) in [6.07, 6.45) is 0.602. The van der Waals surface area contributed by atoms with Crippen LogP contribution in [-0.4, -0.2) is 44.2 Å². The molecule has 1 aliphatic rings. The van der Waals surface area contributed by atoms with Crippen molar-refractivity contribution in [2.24, 2.45) is 0 Å². The first-order valence-electron chi connectivity index (χ1n) is 8.63. The Morgan fingerprint density at radius 1 is 1.23 bits per heavy atom. The van der Waals surface area contributed by atoms with Crippen LogP contribution in [0.5, 0.6) is 11.5 Å². The fourth-order valence-corrected chi connectivity index (χ4v) is 3.78. The zero-order chi connectivity index (χ0) is 18.8. The quantitative estimate of drug-likeness (QED) is 0.619. The van der Waals surface area contributed by atoms with Crippen LogP contribution in [0.4, 0.5) is 5.69 Å². The predicted molar refractivity (Wildman–Crippen MR) is 100 cm³/mol. The predicted octanol–water partition coefficient (Wildman–Crippen LogP) is 3.54. The number of hydrogen-bond donors (Lipinski definition) is 0. The molecule has 0 spiro atoms. The second-order valence-electron chi connectivity index (χ2n) is 6.76. The Hall–Kier alpha value is -2.60. The third kappa shape index (κ3) is 3.24. The summed E-state index contributed by atoms with van der Waals surface area (Å²) in [5, 5.41) is 11.9. The van der Waals surface area contributed by atoms with Crippen LogP contribution >= 0.6 is 0 Å². The van der Waals surface area contributed by atoms with Crippen molar-refractivity contribution in [1.29, 1.82) is 0 Å². The molecule has 0 N–H and O–H groups in total. The molecule has 138 valence electrons. The smallest absolute Gasteiger partial charge is 0.318 e. The van der Waals surface area contributed by atoms with E-state index in [4.69, 9.17) is 9.47 Å². The summed E-state index contributed by atoms with van der Waals surface area (Å²) in [4.78, 5) is 13.7. The number of rotatable bonds is 4. The molecule has 0 radical (unpaired) electrons. The number of benzene rings is 2. The molecule has 3 rings (SSSR count). The first-order chi connectivity index (χ1) is 12.5. The fraction of sp³-hybridized carbons (Fsp3) is 0.400. The average molecular weight is 356 g/mol. The van der Waals surface area contributed by atoms with E-state index in [-0.39, 0.29) is 22.3 Å². The van der Waals surface area contributed by atoms with Crippen molar-refractivity contribution in [3.8, 4) is 11.5 Å². The summed E-state index contributed by atoms with van der Waals surface area (Å²) in [6.45, 7) is 3.61. The molecule has 6 heteroatoms. The van der Waals surface area contributed by atoms with Gasteiger partial charge in [-0.25, -0.2) is 0 Å². The van der Waals surface area contributed by atoms with E-state index in [0.717, 1.165) is 29.8 Å². The standard InChI is InChI=1S/C20H24N2O4/c1-13-6-5-7-14(10-13)17-12-21(2)9-8-15-16(17)11-18(25-3)20(26-4)19(15)22(23)24/h5-7,10-11,17H,8-9,12H2,1-4H3/t17-/m1/s1. The number of likely N-dealkylation sites (N-methyl/N-ethyl adjacent to an activating group) is 1. The summed E-state index contributed by atoms with van der Waals surface area (Å²) in [5.41, 5.74) is 4.04. The molecule has 0 aliphatic carbocycles. The summed E-state index contributed by atoms with van der Waals surface area (Å²) in [5.74, 6) is 0.639. The highest BCUT2D eigenvalue weighted by molar-refractivity contribution is 5.65. The van der Waals surface area contributed by atoms with Crippen LogP contribution in [0.2, 0.25) is 0 Å². The summed E-state index contributed by atoms with van der Waals surface area (Å²) in [6, 6.07) is 10.2. The van der Waals surface area contributed by atoms with E-state index in [9.17, 15) is 10.1 Å². The first kappa shape index (κ1) is 18.2. The highest BCUT2D eigenvalue weighted by atomic mass is 16.6. The Kier molecular flexibility index (Phi) is 5.13. The lowest BCUT2D eigenvalue weighted by molar-refractivity contribution is -0.386. The number of aryl methyl sites for hydroxylation is 1. The average Bonchev–Trinajstić information content (AvgIpc) is 2.78. The Morgan fingerprint density at radius 3 is 2.62 bits per heavy atom. The monoisotopic (exact) mass is 356 g/mol. The van der Waals surface area contributed by atoms with Crippen molar-refractivity contribution in [2.75, 3.05) is 34.4 Å². The van der Waals surface area contributed by atoms with Crippen molar-refractivity contribution in [3.05, 3.63) is 62.7 Å². The zero-order valence-corrected chi connectivity index (χ0v) is 15.6. The molecule has 0 saturated carbocycles. The van der Waals surface area contributed by atoms with E-state index in [2.05, 4.69) is 37.1 Å². The first-order valence-corrected chi connectivity index (χ1v) is 8.63. The Bertz CT molecular complexity index is 835. The molecule has 0 aromatic heterocycles. The molecule has 1 atom stereocenters. The third-order valence-corrected chi connectivity index (χ3v) is 5.02. The largest absolute Gasteiger partial charge is 0.493 e. The lowest BCUT2D eigenvalue weighted by atomic mass is 9.86. The minimum absolute atomic E-state index is 0.0230. The number of methoxy groups -OCH3 is 2. The maximum Gasteiger partial charge on any atom is 0.318 e. The second-order valence-corrected chi connectivity index (χ2v) is 6.76. The van der Waals surface area contributed by atoms with Crippen molar-refractivity contribution >= 4 is 5.69 Å². The highest BCUT2D eigenvalue weighted by Crippen LogP contribution is 2.46. The van der Waals surface area contributed by atoms with Gasteiger partial charge in [0.1, 0.15) is 0 Å². The maximum atomic E-state index is 11.9. The second kappa shape index (κ2) is 7.33. The van der Waals surface area contributed by atoms with Gasteiger partial charge < -0.3 is 14.4 Å². The Labute approximate surface area is 153 Å². The van der Waals surface area contributed by atoms with Crippen LogP contribution in [0.1, 0.15) is 28.2 Å². The van der Waals surface area contributed by atoms with Gasteiger partial charge in [-0.3, -0.25) is 10.1 Å². The number of hydrogen-bond acceptors (Lipinski definition) is 5. The Morgan fingerprint density at radius 2 is 2.00 bits per heavy atom. The molecule has 6 nitrogen and oxygen atoms in total. The van der Waals surface area contributed by atoms with Gasteiger partial charge in [-0.15, -0.1) is 0 Å². The van der Waals surface area contributed by atoms with E-state index in [1.807, 2.05) is 12.1 Å². The van der Waals surface area contributed by atoms with Crippen molar-refractivity contribution in [3.63, 3.8) is 0 Å². The molecular weight excluding hydrogens is 332 g/mol. The highest BCUT2D eigenvalue weighted by Gasteiger charge is 2.34. The van der Waals surface area contributed by atoms with Crippen molar-refractivity contribution in [2.45, 2.75) is 19.3 Å². The number of nitro groups is 1. The van der Waals surface area contributed by atoms with E-state index in [0.29, 0.717) is 12.2 Å². The van der Waals surface area contributed by atoms with Crippen molar-refractivity contribution in [1.82, 2.24) is 4.90 Å². The number of ether oxygens (including phenoxy) is 2. The minimum Gasteiger partial charge on any atom is -0.493 e. The van der Waals surface area contributed by atoms with Crippen LogP contribution < -0.4 is 9.47 Å². The van der Waals surface area contributed by atoms with Crippen molar-refractivity contribution < 1.29 is 14.4 Å². The van der Waals surface area contributed by atoms with E-state index in [1.165, 1.54) is 19.8 Å². The van der Waals surface area contributed by atoms with E-state index in [1.54, 1.807) is 0 Å². The SMILES string of the molecule is COc1cc2c(c([N+](=O)[O-])c1OC)CCN(C)C[C@@H]2c1cccc(C)c1. The molecule has 2 aromatic rings. The molecule has 0 saturated heterocycles. The van der Waals surface area contributed by atoms with Gasteiger partial charge >= 0.3 is 5.69 Å². The molecule has 0 amide bonds. The fourth-order valence-electron chi connectivity index (χ4n) is 3.78. The summed E-state index contributed by atoms with van der Waals surface area (Å²) in [7, 11) is 5.01. The van der Waals surface area contributed by atoms with Gasteiger partial charge in [0.15, 0.2) is 5.75 Å². The number of fused-ring (bicyclic) bond motifs is 1. The van der Waals surface area contributed by atoms with Crippen LogP contribution in [0.15, 0.2) is 30.3 Å². The molecule has 1 heterocycles. The topological polar surface area (TPSA) is 64.8 Å². The van der Waals surface area contributed by atoms with Crippen LogP contribution in [-0.2, 0) is 6.42 Å². The van der Waals surface area contributed by atoms with Gasteiger partial charge in [-0.1, -0.05) is 29.8 Å². The van der Waals surface area contributed by atoms with Gasteiger partial charge in [0, 0.05) is 24.6 Å². The van der Waals surface area contributed by atoms with E-state index >= 15 is 0 Å². The molecule has 1 aliphatic heterocycles. The molecule has 2 aromatic carbocycles. The van der Waals surface area contributed by atoms with Gasteiger partial charge in [0.2, 0.25) is 5.75 Å². The molecule has 26 heavy (non-hydrogen) atoms. The van der Waals surface area contributed by atoms with Gasteiger partial charge in [-0.05, 0) is 37.6 Å². The van der Waals surface area contributed by atoms with Crippen LogP contribution in [0.25, 0.3) is 0 Å². The van der Waals surface area contributed by atoms with E-state index < -0.39 is 0 Å².